The molecule has 0 atom stereocenters. The van der Waals surface area contributed by atoms with Gasteiger partial charge in [0.15, 0.2) is 0 Å². The Bertz CT molecular complexity index is 583. The van der Waals surface area contributed by atoms with Crippen molar-refractivity contribution in [2.45, 2.75) is 11.8 Å². The maximum Gasteiger partial charge on any atom is 0.253 e. The van der Waals surface area contributed by atoms with E-state index in [1.54, 1.807) is 0 Å². The monoisotopic (exact) mass is 295 g/mol. The molecule has 2 aromatic rings. The second-order valence-corrected chi connectivity index (χ2v) is 5.27. The number of hydrogen-bond acceptors (Lipinski definition) is 3. The van der Waals surface area contributed by atoms with Crippen molar-refractivity contribution in [2.24, 2.45) is 0 Å². The van der Waals surface area contributed by atoms with Crippen molar-refractivity contribution in [3.8, 4) is 0 Å². The molecule has 2 aromatic carbocycles. The minimum Gasteiger partial charge on any atom is -0.274 e. The van der Waals surface area contributed by atoms with Crippen molar-refractivity contribution in [1.82, 2.24) is 5.48 Å². The zero-order chi connectivity index (χ0) is 13.7. The van der Waals surface area contributed by atoms with Crippen LogP contribution in [-0.2, 0) is 9.63 Å². The summed E-state index contributed by atoms with van der Waals surface area (Å²) in [5, 5.41) is 2.76. The van der Waals surface area contributed by atoms with Gasteiger partial charge in [0.05, 0.1) is 12.4 Å². The number of amides is 1. The third-order valence-electron chi connectivity index (χ3n) is 2.50. The summed E-state index contributed by atoms with van der Waals surface area (Å²) in [5.74, 6) is 0.139. The number of hydrogen-bond donors (Lipinski definition) is 1. The first kappa shape index (κ1) is 14.2. The van der Waals surface area contributed by atoms with Gasteiger partial charge in [0, 0.05) is 15.3 Å². The van der Waals surface area contributed by atoms with E-state index in [-0.39, 0.29) is 5.91 Å². The lowest BCUT2D eigenvalue weighted by molar-refractivity contribution is -0.130. The smallest absolute Gasteiger partial charge is 0.253 e. The molecule has 100 valence electrons. The van der Waals surface area contributed by atoms with Gasteiger partial charge in [0.2, 0.25) is 0 Å². The van der Waals surface area contributed by atoms with Gasteiger partial charge in [0.1, 0.15) is 0 Å². The Morgan fingerprint density at radius 3 is 2.79 bits per heavy atom. The molecule has 0 saturated carbocycles. The van der Waals surface area contributed by atoms with E-state index in [0.29, 0.717) is 17.4 Å². The van der Waals surface area contributed by atoms with Gasteiger partial charge in [-0.1, -0.05) is 35.9 Å². The Kier molecular flexibility index (Phi) is 5.07. The normalized spacial score (nSPS) is 10.6. The number of halogens is 1. The number of hydroxylamine groups is 1. The number of carbonyl (C=O) groups is 1. The summed E-state index contributed by atoms with van der Waals surface area (Å²) >= 11 is 7.67. The molecule has 0 aliphatic rings. The molecule has 0 fully saturated rings. The first-order chi connectivity index (χ1) is 9.22. The Morgan fingerprint density at radius 2 is 2.05 bits per heavy atom. The predicted octanol–water partition coefficient (Wildman–Crippen LogP) is 3.65. The Balaban J connectivity index is 2.15. The highest BCUT2D eigenvalue weighted by atomic mass is 35.5. The van der Waals surface area contributed by atoms with Crippen molar-refractivity contribution in [3.05, 3.63) is 41.4 Å². The van der Waals surface area contributed by atoms with E-state index in [4.69, 9.17) is 16.4 Å². The number of carbonyl (C=O) groups excluding carboxylic acids is 1. The molecular weight excluding hydrogens is 282 g/mol. The summed E-state index contributed by atoms with van der Waals surface area (Å²) in [6.07, 6.45) is 0. The molecule has 5 heteroatoms. The largest absolute Gasteiger partial charge is 0.274 e. The summed E-state index contributed by atoms with van der Waals surface area (Å²) < 4.78 is 0. The van der Waals surface area contributed by atoms with E-state index < -0.39 is 0 Å². The predicted molar refractivity (Wildman–Crippen MR) is 79.5 cm³/mol. The van der Waals surface area contributed by atoms with Gasteiger partial charge in [0.25, 0.3) is 5.91 Å². The Morgan fingerprint density at radius 1 is 1.32 bits per heavy atom. The van der Waals surface area contributed by atoms with Crippen LogP contribution in [0.2, 0.25) is 5.02 Å². The van der Waals surface area contributed by atoms with Crippen LogP contribution in [0.5, 0.6) is 0 Å². The van der Waals surface area contributed by atoms with Gasteiger partial charge in [-0.3, -0.25) is 9.63 Å². The van der Waals surface area contributed by atoms with E-state index >= 15 is 0 Å². The summed E-state index contributed by atoms with van der Waals surface area (Å²) in [5.41, 5.74) is 2.37. The first-order valence-corrected chi connectivity index (χ1v) is 7.29. The minimum absolute atomic E-state index is 0.157. The van der Waals surface area contributed by atoms with Gasteiger partial charge in [-0.15, -0.1) is 11.8 Å². The topological polar surface area (TPSA) is 38.3 Å². The lowest BCUT2D eigenvalue weighted by Crippen LogP contribution is -2.25. The van der Waals surface area contributed by atoms with E-state index in [1.165, 1.54) is 11.8 Å². The van der Waals surface area contributed by atoms with Crippen LogP contribution in [0.4, 0.5) is 0 Å². The van der Waals surface area contributed by atoms with E-state index in [2.05, 4.69) is 5.48 Å². The van der Waals surface area contributed by atoms with Crippen molar-refractivity contribution in [1.29, 1.82) is 0 Å². The van der Waals surface area contributed by atoms with Gasteiger partial charge < -0.3 is 0 Å². The van der Waals surface area contributed by atoms with Gasteiger partial charge >= 0.3 is 0 Å². The molecule has 0 aliphatic carbocycles. The molecule has 0 aliphatic heterocycles. The molecule has 0 bridgehead atoms. The molecule has 19 heavy (non-hydrogen) atoms. The maximum atomic E-state index is 11.5. The molecule has 3 nitrogen and oxygen atoms in total. The number of benzene rings is 2. The Labute approximate surface area is 121 Å². The molecule has 1 N–H and O–H groups in total. The fourth-order valence-electron chi connectivity index (χ4n) is 1.71. The quantitative estimate of drug-likeness (QED) is 0.676. The average molecular weight is 296 g/mol. The highest BCUT2D eigenvalue weighted by molar-refractivity contribution is 8.00. The zero-order valence-corrected chi connectivity index (χ0v) is 12.1. The first-order valence-electron chi connectivity index (χ1n) is 5.93. The van der Waals surface area contributed by atoms with Crippen LogP contribution in [-0.4, -0.2) is 18.3 Å². The SMILES string of the molecule is CCONC(=O)CSc1cccc2cccc(Cl)c12. The van der Waals surface area contributed by atoms with E-state index in [0.717, 1.165) is 15.7 Å². The molecule has 0 saturated heterocycles. The molecule has 0 heterocycles. The fourth-order valence-corrected chi connectivity index (χ4v) is 2.94. The molecule has 0 spiro atoms. The number of nitrogens with one attached hydrogen (secondary N) is 1. The third kappa shape index (κ3) is 3.62. The van der Waals surface area contributed by atoms with Crippen molar-refractivity contribution in [3.63, 3.8) is 0 Å². The summed E-state index contributed by atoms with van der Waals surface area (Å²) in [6, 6.07) is 11.7. The summed E-state index contributed by atoms with van der Waals surface area (Å²) in [4.78, 5) is 17.4. The van der Waals surface area contributed by atoms with Crippen LogP contribution in [0.3, 0.4) is 0 Å². The Hall–Kier alpha value is -1.23. The molecular formula is C14H14ClNO2S. The van der Waals surface area contributed by atoms with Crippen molar-refractivity contribution in [2.75, 3.05) is 12.4 Å². The van der Waals surface area contributed by atoms with Crippen LogP contribution < -0.4 is 5.48 Å². The van der Waals surface area contributed by atoms with Gasteiger partial charge in [-0.2, -0.15) is 0 Å². The van der Waals surface area contributed by atoms with Crippen LogP contribution in [0.1, 0.15) is 6.92 Å². The molecule has 1 amide bonds. The fraction of sp³-hybridized carbons (Fsp3) is 0.214. The average Bonchev–Trinajstić information content (AvgIpc) is 2.43. The molecule has 2 rings (SSSR count). The highest BCUT2D eigenvalue weighted by Gasteiger charge is 2.08. The minimum atomic E-state index is -0.157. The van der Waals surface area contributed by atoms with Crippen molar-refractivity contribution < 1.29 is 9.63 Å². The van der Waals surface area contributed by atoms with E-state index in [9.17, 15) is 4.79 Å². The number of thioether (sulfide) groups is 1. The van der Waals surface area contributed by atoms with E-state index in [1.807, 2.05) is 43.3 Å². The second-order valence-electron chi connectivity index (χ2n) is 3.84. The second kappa shape index (κ2) is 6.80. The maximum absolute atomic E-state index is 11.5. The lowest BCUT2D eigenvalue weighted by atomic mass is 10.1. The standard InChI is InChI=1S/C14H14ClNO2S/c1-2-18-16-13(17)9-19-12-8-4-6-10-5-3-7-11(15)14(10)12/h3-8H,2,9H2,1H3,(H,16,17). The number of fused-ring (bicyclic) bond motifs is 1. The summed E-state index contributed by atoms with van der Waals surface area (Å²) in [7, 11) is 0. The van der Waals surface area contributed by atoms with Crippen molar-refractivity contribution >= 4 is 40.0 Å². The van der Waals surface area contributed by atoms with Gasteiger partial charge in [-0.05, 0) is 24.4 Å². The highest BCUT2D eigenvalue weighted by Crippen LogP contribution is 2.32. The molecule has 0 radical (unpaired) electrons. The third-order valence-corrected chi connectivity index (χ3v) is 3.88. The van der Waals surface area contributed by atoms with Crippen LogP contribution in [0, 0.1) is 0 Å². The summed E-state index contributed by atoms with van der Waals surface area (Å²) in [6.45, 7) is 2.27. The van der Waals surface area contributed by atoms with Crippen LogP contribution in [0.25, 0.3) is 10.8 Å². The van der Waals surface area contributed by atoms with Gasteiger partial charge in [-0.25, -0.2) is 5.48 Å². The molecule has 0 unspecified atom stereocenters. The lowest BCUT2D eigenvalue weighted by Gasteiger charge is -2.08. The molecule has 0 aromatic heterocycles. The van der Waals surface area contributed by atoms with Crippen LogP contribution in [0.15, 0.2) is 41.3 Å². The zero-order valence-electron chi connectivity index (χ0n) is 10.5. The number of rotatable bonds is 5. The van der Waals surface area contributed by atoms with Crippen LogP contribution >= 0.6 is 23.4 Å².